The minimum absolute atomic E-state index is 0.347. The van der Waals surface area contributed by atoms with Crippen LogP contribution in [0.1, 0.15) is 12.1 Å². The van der Waals surface area contributed by atoms with Crippen LogP contribution in [0.5, 0.6) is 0 Å². The molecule has 5 heteroatoms. The summed E-state index contributed by atoms with van der Waals surface area (Å²) >= 11 is 5.00. The molecule has 0 unspecified atom stereocenters. The van der Waals surface area contributed by atoms with Crippen LogP contribution in [0.15, 0.2) is 18.3 Å². The normalized spacial score (nSPS) is 10.6. The molecule has 0 saturated carbocycles. The van der Waals surface area contributed by atoms with Gasteiger partial charge in [0.05, 0.1) is 5.69 Å². The van der Waals surface area contributed by atoms with Crippen molar-refractivity contribution in [2.45, 2.75) is 6.42 Å². The van der Waals surface area contributed by atoms with Crippen LogP contribution in [0.3, 0.4) is 0 Å². The molecule has 4 nitrogen and oxygen atoms in total. The van der Waals surface area contributed by atoms with Crippen LogP contribution in [0.4, 0.5) is 5.69 Å². The SMILES string of the molecule is CN(C)CCCN(C)c1cccnc1C(N)=S. The molecule has 17 heavy (non-hydrogen) atoms. The maximum Gasteiger partial charge on any atom is 0.124 e. The monoisotopic (exact) mass is 252 g/mol. The van der Waals surface area contributed by atoms with E-state index in [1.165, 1.54) is 0 Å². The standard InChI is InChI=1S/C12H20N4S/c1-15(2)8-5-9-16(3)10-6-4-7-14-11(10)12(13)17/h4,6-7H,5,8-9H2,1-3H3,(H2,13,17). The quantitative estimate of drug-likeness (QED) is 0.768. The topological polar surface area (TPSA) is 45.4 Å². The van der Waals surface area contributed by atoms with Crippen LogP contribution in [0.25, 0.3) is 0 Å². The van der Waals surface area contributed by atoms with E-state index in [0.717, 1.165) is 25.2 Å². The summed E-state index contributed by atoms with van der Waals surface area (Å²) in [4.78, 5) is 8.89. The van der Waals surface area contributed by atoms with Gasteiger partial charge in [0.1, 0.15) is 10.7 Å². The molecule has 1 rings (SSSR count). The minimum atomic E-state index is 0.347. The highest BCUT2D eigenvalue weighted by molar-refractivity contribution is 7.80. The third-order valence-electron chi connectivity index (χ3n) is 2.53. The Kier molecular flexibility index (Phi) is 5.31. The lowest BCUT2D eigenvalue weighted by molar-refractivity contribution is 0.401. The fourth-order valence-corrected chi connectivity index (χ4v) is 1.80. The van der Waals surface area contributed by atoms with Crippen LogP contribution in [0, 0.1) is 0 Å². The summed E-state index contributed by atoms with van der Waals surface area (Å²) in [5, 5.41) is 0. The molecular formula is C12H20N4S. The van der Waals surface area contributed by atoms with E-state index in [1.807, 2.05) is 19.2 Å². The fourth-order valence-electron chi connectivity index (χ4n) is 1.64. The number of thiocarbonyl (C=S) groups is 1. The fraction of sp³-hybridized carbons (Fsp3) is 0.500. The summed E-state index contributed by atoms with van der Waals surface area (Å²) in [5.41, 5.74) is 7.37. The van der Waals surface area contributed by atoms with Gasteiger partial charge in [-0.2, -0.15) is 0 Å². The summed E-state index contributed by atoms with van der Waals surface area (Å²) in [6.45, 7) is 2.02. The van der Waals surface area contributed by atoms with E-state index < -0.39 is 0 Å². The first kappa shape index (κ1) is 13.9. The Bertz CT molecular complexity index is 379. The van der Waals surface area contributed by atoms with Crippen LogP contribution >= 0.6 is 12.2 Å². The molecule has 1 aromatic heterocycles. The maximum atomic E-state index is 5.66. The minimum Gasteiger partial charge on any atom is -0.388 e. The average molecular weight is 252 g/mol. The largest absolute Gasteiger partial charge is 0.388 e. The molecule has 2 N–H and O–H groups in total. The molecule has 0 amide bonds. The van der Waals surface area contributed by atoms with Gasteiger partial charge in [0.15, 0.2) is 0 Å². The molecule has 0 aromatic carbocycles. The van der Waals surface area contributed by atoms with E-state index in [0.29, 0.717) is 10.7 Å². The zero-order chi connectivity index (χ0) is 12.8. The van der Waals surface area contributed by atoms with Gasteiger partial charge in [-0.15, -0.1) is 0 Å². The third kappa shape index (κ3) is 4.28. The molecule has 1 heterocycles. The van der Waals surface area contributed by atoms with Crippen molar-refractivity contribution in [2.75, 3.05) is 39.1 Å². The van der Waals surface area contributed by atoms with Crippen molar-refractivity contribution in [1.29, 1.82) is 0 Å². The molecule has 94 valence electrons. The Hall–Kier alpha value is -1.20. The highest BCUT2D eigenvalue weighted by Crippen LogP contribution is 2.16. The number of pyridine rings is 1. The first-order valence-electron chi connectivity index (χ1n) is 5.63. The number of hydrogen-bond donors (Lipinski definition) is 1. The molecule has 0 aliphatic carbocycles. The summed E-state index contributed by atoms with van der Waals surface area (Å²) in [6, 6.07) is 3.90. The van der Waals surface area contributed by atoms with Gasteiger partial charge < -0.3 is 15.5 Å². The molecule has 0 bridgehead atoms. The molecule has 0 aliphatic heterocycles. The highest BCUT2D eigenvalue weighted by Gasteiger charge is 2.09. The number of nitrogens with zero attached hydrogens (tertiary/aromatic N) is 3. The van der Waals surface area contributed by atoms with E-state index >= 15 is 0 Å². The Balaban J connectivity index is 2.68. The van der Waals surface area contributed by atoms with E-state index in [4.69, 9.17) is 18.0 Å². The van der Waals surface area contributed by atoms with Crippen molar-refractivity contribution in [3.63, 3.8) is 0 Å². The number of anilines is 1. The molecule has 1 aromatic rings. The molecule has 0 spiro atoms. The lowest BCUT2D eigenvalue weighted by Gasteiger charge is -2.22. The lowest BCUT2D eigenvalue weighted by Crippen LogP contribution is -2.26. The van der Waals surface area contributed by atoms with Gasteiger partial charge in [-0.1, -0.05) is 12.2 Å². The van der Waals surface area contributed by atoms with Crippen LogP contribution < -0.4 is 10.6 Å². The van der Waals surface area contributed by atoms with E-state index in [-0.39, 0.29) is 0 Å². The van der Waals surface area contributed by atoms with Gasteiger partial charge in [0.2, 0.25) is 0 Å². The second-order valence-corrected chi connectivity index (χ2v) is 4.75. The molecular weight excluding hydrogens is 232 g/mol. The third-order valence-corrected chi connectivity index (χ3v) is 2.72. The van der Waals surface area contributed by atoms with E-state index in [1.54, 1.807) is 6.20 Å². The number of nitrogens with two attached hydrogens (primary N) is 1. The number of hydrogen-bond acceptors (Lipinski definition) is 4. The summed E-state index contributed by atoms with van der Waals surface area (Å²) in [5.74, 6) is 0. The highest BCUT2D eigenvalue weighted by atomic mass is 32.1. The van der Waals surface area contributed by atoms with Crippen molar-refractivity contribution >= 4 is 22.9 Å². The van der Waals surface area contributed by atoms with Gasteiger partial charge in [0, 0.05) is 19.8 Å². The van der Waals surface area contributed by atoms with Crippen molar-refractivity contribution in [1.82, 2.24) is 9.88 Å². The average Bonchev–Trinajstić information content (AvgIpc) is 2.28. The molecule has 0 aliphatic rings. The Morgan fingerprint density at radius 2 is 2.06 bits per heavy atom. The second kappa shape index (κ2) is 6.51. The van der Waals surface area contributed by atoms with Gasteiger partial charge in [-0.3, -0.25) is 4.98 Å². The molecule has 0 radical (unpaired) electrons. The van der Waals surface area contributed by atoms with E-state index in [2.05, 4.69) is 28.9 Å². The van der Waals surface area contributed by atoms with E-state index in [9.17, 15) is 0 Å². The van der Waals surface area contributed by atoms with Crippen LogP contribution in [-0.2, 0) is 0 Å². The summed E-state index contributed by atoms with van der Waals surface area (Å²) < 4.78 is 0. The summed E-state index contributed by atoms with van der Waals surface area (Å²) in [6.07, 6.45) is 2.81. The first-order chi connectivity index (χ1) is 8.02. The van der Waals surface area contributed by atoms with Crippen LogP contribution in [0.2, 0.25) is 0 Å². The van der Waals surface area contributed by atoms with Crippen molar-refractivity contribution in [3.8, 4) is 0 Å². The maximum absolute atomic E-state index is 5.66. The number of aromatic nitrogens is 1. The molecule has 0 atom stereocenters. The van der Waals surface area contributed by atoms with Gasteiger partial charge >= 0.3 is 0 Å². The zero-order valence-corrected chi connectivity index (χ0v) is 11.5. The van der Waals surface area contributed by atoms with Gasteiger partial charge in [0.25, 0.3) is 0 Å². The van der Waals surface area contributed by atoms with Gasteiger partial charge in [-0.25, -0.2) is 0 Å². The lowest BCUT2D eigenvalue weighted by atomic mass is 10.2. The van der Waals surface area contributed by atoms with Crippen molar-refractivity contribution in [3.05, 3.63) is 24.0 Å². The Labute approximate surface area is 108 Å². The molecule has 0 fully saturated rings. The van der Waals surface area contributed by atoms with Crippen LogP contribution in [-0.4, -0.2) is 49.1 Å². The first-order valence-corrected chi connectivity index (χ1v) is 6.04. The Morgan fingerprint density at radius 3 is 2.65 bits per heavy atom. The van der Waals surface area contributed by atoms with Crippen molar-refractivity contribution in [2.24, 2.45) is 5.73 Å². The van der Waals surface area contributed by atoms with Gasteiger partial charge in [-0.05, 0) is 39.2 Å². The smallest absolute Gasteiger partial charge is 0.124 e. The second-order valence-electron chi connectivity index (χ2n) is 4.31. The molecule has 0 saturated heterocycles. The zero-order valence-electron chi connectivity index (χ0n) is 10.7. The number of rotatable bonds is 6. The predicted octanol–water partition coefficient (Wildman–Crippen LogP) is 1.10. The predicted molar refractivity (Wildman–Crippen MR) is 76.6 cm³/mol. The van der Waals surface area contributed by atoms with Crippen molar-refractivity contribution < 1.29 is 0 Å². The Morgan fingerprint density at radius 1 is 1.35 bits per heavy atom. The summed E-state index contributed by atoms with van der Waals surface area (Å²) in [7, 11) is 6.18.